The molecule has 0 radical (unpaired) electrons. The zero-order valence-electron chi connectivity index (χ0n) is 14.1. The third-order valence-electron chi connectivity index (χ3n) is 4.10. The lowest BCUT2D eigenvalue weighted by atomic mass is 9.95. The first kappa shape index (κ1) is 17.7. The van der Waals surface area contributed by atoms with E-state index in [-0.39, 0.29) is 5.56 Å². The van der Waals surface area contributed by atoms with Crippen LogP contribution in [0.4, 0.5) is 8.78 Å². The molecule has 3 heteroatoms. The second-order valence-corrected chi connectivity index (χ2v) is 5.95. The van der Waals surface area contributed by atoms with Crippen LogP contribution in [0.5, 0.6) is 0 Å². The second kappa shape index (κ2) is 7.87. The summed E-state index contributed by atoms with van der Waals surface area (Å²) in [6.45, 7) is 0. The van der Waals surface area contributed by atoms with Gasteiger partial charge in [0, 0.05) is 12.0 Å². The molecule has 0 fully saturated rings. The highest BCUT2D eigenvalue weighted by molar-refractivity contribution is 6.01. The van der Waals surface area contributed by atoms with Crippen molar-refractivity contribution in [3.05, 3.63) is 114 Å². The Kier molecular flexibility index (Phi) is 5.37. The van der Waals surface area contributed by atoms with Gasteiger partial charge in [-0.1, -0.05) is 97.1 Å². The van der Waals surface area contributed by atoms with Gasteiger partial charge in [-0.2, -0.15) is 8.78 Å². The SMILES string of the molecule is O=C(c1ccccc1)C(F)(F)CC=C(c1ccccc1)c1ccccc1. The predicted molar refractivity (Wildman–Crippen MR) is 100 cm³/mol. The third kappa shape index (κ3) is 4.12. The molecule has 1 nitrogen and oxygen atoms in total. The summed E-state index contributed by atoms with van der Waals surface area (Å²) < 4.78 is 29.0. The highest BCUT2D eigenvalue weighted by atomic mass is 19.3. The molecule has 3 rings (SSSR count). The van der Waals surface area contributed by atoms with Gasteiger partial charge in [-0.3, -0.25) is 4.79 Å². The molecule has 0 atom stereocenters. The minimum Gasteiger partial charge on any atom is -0.287 e. The molecule has 0 aliphatic rings. The smallest absolute Gasteiger partial charge is 0.287 e. The minimum absolute atomic E-state index is 0.0203. The van der Waals surface area contributed by atoms with Crippen molar-refractivity contribution in [1.29, 1.82) is 0 Å². The Labute approximate surface area is 151 Å². The number of alkyl halides is 2. The van der Waals surface area contributed by atoms with Gasteiger partial charge in [0.1, 0.15) is 0 Å². The molecular formula is C23H18F2O. The lowest BCUT2D eigenvalue weighted by molar-refractivity contribution is 0.0124. The fraction of sp³-hybridized carbons (Fsp3) is 0.0870. The lowest BCUT2D eigenvalue weighted by Gasteiger charge is -2.15. The maximum atomic E-state index is 14.5. The lowest BCUT2D eigenvalue weighted by Crippen LogP contribution is -2.28. The van der Waals surface area contributed by atoms with Gasteiger partial charge < -0.3 is 0 Å². The molecule has 0 saturated carbocycles. The van der Waals surface area contributed by atoms with E-state index in [9.17, 15) is 13.6 Å². The van der Waals surface area contributed by atoms with E-state index in [1.165, 1.54) is 18.2 Å². The first-order chi connectivity index (χ1) is 12.6. The van der Waals surface area contributed by atoms with Crippen molar-refractivity contribution < 1.29 is 13.6 Å². The first-order valence-electron chi connectivity index (χ1n) is 8.36. The number of ketones is 1. The number of Topliss-reactive ketones (excluding diaryl/α,β-unsaturated/α-hetero) is 1. The number of carbonyl (C=O) groups excluding carboxylic acids is 1. The topological polar surface area (TPSA) is 17.1 Å². The predicted octanol–water partition coefficient (Wildman–Crippen LogP) is 6.03. The highest BCUT2D eigenvalue weighted by Gasteiger charge is 2.38. The zero-order valence-corrected chi connectivity index (χ0v) is 14.1. The fourth-order valence-corrected chi connectivity index (χ4v) is 2.76. The first-order valence-corrected chi connectivity index (χ1v) is 8.36. The Morgan fingerprint density at radius 3 is 1.50 bits per heavy atom. The molecule has 26 heavy (non-hydrogen) atoms. The van der Waals surface area contributed by atoms with Gasteiger partial charge in [0.05, 0.1) is 0 Å². The van der Waals surface area contributed by atoms with E-state index in [4.69, 9.17) is 0 Å². The Balaban J connectivity index is 1.92. The average molecular weight is 348 g/mol. The van der Waals surface area contributed by atoms with Gasteiger partial charge in [-0.15, -0.1) is 0 Å². The van der Waals surface area contributed by atoms with Crippen molar-refractivity contribution >= 4 is 11.4 Å². The van der Waals surface area contributed by atoms with E-state index in [0.29, 0.717) is 5.57 Å². The van der Waals surface area contributed by atoms with Crippen molar-refractivity contribution in [2.24, 2.45) is 0 Å². The number of benzene rings is 3. The summed E-state index contributed by atoms with van der Waals surface area (Å²) >= 11 is 0. The summed E-state index contributed by atoms with van der Waals surface area (Å²) in [5, 5.41) is 0. The monoisotopic (exact) mass is 348 g/mol. The van der Waals surface area contributed by atoms with Crippen LogP contribution in [-0.2, 0) is 0 Å². The minimum atomic E-state index is -3.46. The van der Waals surface area contributed by atoms with E-state index < -0.39 is 18.1 Å². The van der Waals surface area contributed by atoms with Crippen molar-refractivity contribution in [2.45, 2.75) is 12.3 Å². The molecule has 0 bridgehead atoms. The summed E-state index contributed by atoms with van der Waals surface area (Å²) in [5.74, 6) is -4.62. The largest absolute Gasteiger partial charge is 0.313 e. The van der Waals surface area contributed by atoms with E-state index in [0.717, 1.165) is 11.1 Å². The molecule has 3 aromatic carbocycles. The third-order valence-corrected chi connectivity index (χ3v) is 4.10. The number of allylic oxidation sites excluding steroid dienone is 1. The van der Waals surface area contributed by atoms with Gasteiger partial charge in [-0.25, -0.2) is 0 Å². The molecule has 0 unspecified atom stereocenters. The van der Waals surface area contributed by atoms with E-state index in [1.54, 1.807) is 18.2 Å². The molecule has 0 heterocycles. The Morgan fingerprint density at radius 2 is 1.08 bits per heavy atom. The van der Waals surface area contributed by atoms with E-state index in [1.807, 2.05) is 60.7 Å². The number of rotatable bonds is 6. The molecule has 0 amide bonds. The van der Waals surface area contributed by atoms with Crippen LogP contribution < -0.4 is 0 Å². The quantitative estimate of drug-likeness (QED) is 0.497. The van der Waals surface area contributed by atoms with Gasteiger partial charge in [0.2, 0.25) is 5.78 Å². The molecule has 0 aliphatic carbocycles. The van der Waals surface area contributed by atoms with Gasteiger partial charge in [0.25, 0.3) is 0 Å². The van der Waals surface area contributed by atoms with Crippen LogP contribution in [0.1, 0.15) is 27.9 Å². The number of carbonyl (C=O) groups is 1. The molecule has 0 aromatic heterocycles. The van der Waals surface area contributed by atoms with Crippen LogP contribution in [0, 0.1) is 0 Å². The van der Waals surface area contributed by atoms with Crippen molar-refractivity contribution in [3.8, 4) is 0 Å². The van der Waals surface area contributed by atoms with E-state index in [2.05, 4.69) is 0 Å². The standard InChI is InChI=1S/C23H18F2O/c24-23(25,22(26)20-14-8-3-9-15-20)17-16-21(18-10-4-1-5-11-18)19-12-6-2-7-13-19/h1-16H,17H2. The molecule has 3 aromatic rings. The van der Waals surface area contributed by atoms with Crippen LogP contribution in [0.15, 0.2) is 97.1 Å². The van der Waals surface area contributed by atoms with Gasteiger partial charge in [-0.05, 0) is 16.7 Å². The van der Waals surface area contributed by atoms with Crippen LogP contribution in [-0.4, -0.2) is 11.7 Å². The number of hydrogen-bond donors (Lipinski definition) is 0. The number of hydrogen-bond acceptors (Lipinski definition) is 1. The summed E-state index contributed by atoms with van der Waals surface area (Å²) in [6, 6.07) is 26.4. The summed E-state index contributed by atoms with van der Waals surface area (Å²) in [4.78, 5) is 12.2. The Bertz CT molecular complexity index is 844. The highest BCUT2D eigenvalue weighted by Crippen LogP contribution is 2.29. The van der Waals surface area contributed by atoms with Crippen LogP contribution in [0.3, 0.4) is 0 Å². The maximum Gasteiger partial charge on any atom is 0.313 e. The van der Waals surface area contributed by atoms with Crippen molar-refractivity contribution in [1.82, 2.24) is 0 Å². The molecule has 0 aliphatic heterocycles. The molecule has 130 valence electrons. The second-order valence-electron chi connectivity index (χ2n) is 5.95. The summed E-state index contributed by atoms with van der Waals surface area (Å²) in [5.41, 5.74) is 2.38. The van der Waals surface area contributed by atoms with E-state index >= 15 is 0 Å². The Morgan fingerprint density at radius 1 is 0.692 bits per heavy atom. The maximum absolute atomic E-state index is 14.5. The molecule has 0 N–H and O–H groups in total. The van der Waals surface area contributed by atoms with Gasteiger partial charge in [0.15, 0.2) is 0 Å². The normalized spacial score (nSPS) is 11.0. The average Bonchev–Trinajstić information content (AvgIpc) is 2.70. The van der Waals surface area contributed by atoms with Gasteiger partial charge >= 0.3 is 5.92 Å². The molecule has 0 saturated heterocycles. The zero-order chi connectivity index (χ0) is 18.4. The molecule has 0 spiro atoms. The van der Waals surface area contributed by atoms with Crippen LogP contribution in [0.25, 0.3) is 5.57 Å². The molecular weight excluding hydrogens is 330 g/mol. The van der Waals surface area contributed by atoms with Crippen LogP contribution in [0.2, 0.25) is 0 Å². The Hall–Kier alpha value is -3.07. The number of halogens is 2. The van der Waals surface area contributed by atoms with Crippen molar-refractivity contribution in [3.63, 3.8) is 0 Å². The summed E-state index contributed by atoms with van der Waals surface area (Å²) in [7, 11) is 0. The summed E-state index contributed by atoms with van der Waals surface area (Å²) in [6.07, 6.45) is 0.797. The fourth-order valence-electron chi connectivity index (χ4n) is 2.76. The van der Waals surface area contributed by atoms with Crippen molar-refractivity contribution in [2.75, 3.05) is 0 Å². The van der Waals surface area contributed by atoms with Crippen LogP contribution >= 0.6 is 0 Å².